The molecule has 6 heteroatoms. The van der Waals surface area contributed by atoms with Crippen molar-refractivity contribution in [3.8, 4) is 6.07 Å². The van der Waals surface area contributed by atoms with Crippen molar-refractivity contribution in [3.05, 3.63) is 41.1 Å². The molecular formula is C18H22N4O2. The number of nitrogens with zero attached hydrogens (tertiary/aromatic N) is 3. The second kappa shape index (κ2) is 7.64. The van der Waals surface area contributed by atoms with E-state index in [-0.39, 0.29) is 11.5 Å². The average Bonchev–Trinajstić information content (AvgIpc) is 2.55. The lowest BCUT2D eigenvalue weighted by Crippen LogP contribution is -2.46. The van der Waals surface area contributed by atoms with Crippen LogP contribution in [0.25, 0.3) is 0 Å². The molecule has 0 aromatic heterocycles. The molecule has 1 aliphatic rings. The van der Waals surface area contributed by atoms with E-state index in [1.165, 1.54) is 0 Å². The third kappa shape index (κ3) is 4.35. The maximum Gasteiger partial charge on any atom is 0.267 e. The Bertz CT molecular complexity index is 710. The molecule has 1 heterocycles. The molecule has 0 atom stereocenters. The number of aryl methyl sites for hydroxylation is 2. The summed E-state index contributed by atoms with van der Waals surface area (Å²) < 4.78 is 0. The second-order valence-corrected chi connectivity index (χ2v) is 5.97. The van der Waals surface area contributed by atoms with Crippen molar-refractivity contribution in [2.45, 2.75) is 20.8 Å². The number of anilines is 1. The molecule has 0 spiro atoms. The van der Waals surface area contributed by atoms with Gasteiger partial charge in [-0.05, 0) is 25.5 Å². The molecule has 0 radical (unpaired) electrons. The van der Waals surface area contributed by atoms with Crippen molar-refractivity contribution in [1.82, 2.24) is 9.80 Å². The minimum absolute atomic E-state index is 0.0479. The van der Waals surface area contributed by atoms with Crippen molar-refractivity contribution >= 4 is 17.5 Å². The molecule has 0 aliphatic carbocycles. The van der Waals surface area contributed by atoms with Gasteiger partial charge in [-0.3, -0.25) is 9.59 Å². The number of nitriles is 1. The van der Waals surface area contributed by atoms with E-state index in [9.17, 15) is 14.9 Å². The normalized spacial score (nSPS) is 15.0. The van der Waals surface area contributed by atoms with Crippen molar-refractivity contribution in [2.75, 3.05) is 31.5 Å². The maximum absolute atomic E-state index is 12.3. The molecule has 1 N–H and O–H groups in total. The maximum atomic E-state index is 12.3. The molecule has 6 nitrogen and oxygen atoms in total. The van der Waals surface area contributed by atoms with Gasteiger partial charge in [0.1, 0.15) is 11.6 Å². The predicted octanol–water partition coefficient (Wildman–Crippen LogP) is 1.81. The van der Waals surface area contributed by atoms with E-state index < -0.39 is 5.91 Å². The summed E-state index contributed by atoms with van der Waals surface area (Å²) in [7, 11) is 0. The number of carbonyl (C=O) groups is 2. The van der Waals surface area contributed by atoms with Crippen molar-refractivity contribution in [2.24, 2.45) is 0 Å². The Labute approximate surface area is 142 Å². The van der Waals surface area contributed by atoms with Crippen LogP contribution in [0.1, 0.15) is 18.1 Å². The van der Waals surface area contributed by atoms with E-state index in [1.54, 1.807) is 18.0 Å². The highest BCUT2D eigenvalue weighted by Crippen LogP contribution is 2.17. The fourth-order valence-electron chi connectivity index (χ4n) is 2.63. The fraction of sp³-hybridized carbons (Fsp3) is 0.389. The van der Waals surface area contributed by atoms with Crippen LogP contribution in [0.5, 0.6) is 0 Å². The number of amides is 2. The fourth-order valence-corrected chi connectivity index (χ4v) is 2.63. The number of hydrogen-bond acceptors (Lipinski definition) is 4. The first-order valence-electron chi connectivity index (χ1n) is 7.91. The summed E-state index contributed by atoms with van der Waals surface area (Å²) in [5, 5.41) is 12.1. The number of piperazine rings is 1. The topological polar surface area (TPSA) is 76.4 Å². The Kier molecular flexibility index (Phi) is 5.59. The van der Waals surface area contributed by atoms with Crippen molar-refractivity contribution in [3.63, 3.8) is 0 Å². The van der Waals surface area contributed by atoms with Gasteiger partial charge in [0.2, 0.25) is 5.91 Å². The standard InChI is InChI=1S/C18H22N4O2/c1-13-4-5-17(14(2)10-13)20-18(24)16(11-19)12-21-6-8-22(9-7-21)15(3)23/h4-5,10,12H,6-9H2,1-3H3,(H,20,24)/b16-12-. The van der Waals surface area contributed by atoms with Gasteiger partial charge < -0.3 is 15.1 Å². The van der Waals surface area contributed by atoms with Gasteiger partial charge >= 0.3 is 0 Å². The van der Waals surface area contributed by atoms with E-state index in [4.69, 9.17) is 0 Å². The van der Waals surface area contributed by atoms with Gasteiger partial charge in [0.05, 0.1) is 0 Å². The molecule has 1 aromatic rings. The lowest BCUT2D eigenvalue weighted by Gasteiger charge is -2.33. The first kappa shape index (κ1) is 17.5. The molecule has 0 saturated carbocycles. The van der Waals surface area contributed by atoms with E-state index in [0.717, 1.165) is 11.1 Å². The van der Waals surface area contributed by atoms with Crippen LogP contribution >= 0.6 is 0 Å². The molecule has 1 fully saturated rings. The first-order valence-corrected chi connectivity index (χ1v) is 7.91. The molecule has 126 valence electrons. The van der Waals surface area contributed by atoms with E-state index >= 15 is 0 Å². The summed E-state index contributed by atoms with van der Waals surface area (Å²) in [6.45, 7) is 7.87. The molecule has 1 aromatic carbocycles. The highest BCUT2D eigenvalue weighted by molar-refractivity contribution is 6.06. The summed E-state index contributed by atoms with van der Waals surface area (Å²) in [6.07, 6.45) is 1.58. The highest BCUT2D eigenvalue weighted by atomic mass is 16.2. The lowest BCUT2D eigenvalue weighted by atomic mass is 10.1. The Morgan fingerprint density at radius 1 is 1.21 bits per heavy atom. The number of carbonyl (C=O) groups excluding carboxylic acids is 2. The Hall–Kier alpha value is -2.81. The number of benzene rings is 1. The Morgan fingerprint density at radius 3 is 2.42 bits per heavy atom. The van der Waals surface area contributed by atoms with Gasteiger partial charge in [-0.25, -0.2) is 0 Å². The smallest absolute Gasteiger partial charge is 0.267 e. The van der Waals surface area contributed by atoms with Crippen LogP contribution < -0.4 is 5.32 Å². The van der Waals surface area contributed by atoms with Gasteiger partial charge in [-0.15, -0.1) is 0 Å². The molecule has 2 amide bonds. The van der Waals surface area contributed by atoms with Crippen LogP contribution in [-0.4, -0.2) is 47.8 Å². The monoisotopic (exact) mass is 326 g/mol. The van der Waals surface area contributed by atoms with Crippen LogP contribution in [0.2, 0.25) is 0 Å². The highest BCUT2D eigenvalue weighted by Gasteiger charge is 2.18. The largest absolute Gasteiger partial charge is 0.373 e. The number of hydrogen-bond donors (Lipinski definition) is 1. The van der Waals surface area contributed by atoms with E-state index in [2.05, 4.69) is 5.32 Å². The molecule has 0 bridgehead atoms. The summed E-state index contributed by atoms with van der Waals surface area (Å²) in [5.74, 6) is -0.370. The molecule has 24 heavy (non-hydrogen) atoms. The SMILES string of the molecule is CC(=O)N1CCN(/C=C(/C#N)C(=O)Nc2ccc(C)cc2C)CC1. The summed E-state index contributed by atoms with van der Waals surface area (Å²) in [6, 6.07) is 7.69. The molecule has 1 aliphatic heterocycles. The van der Waals surface area contributed by atoms with Gasteiger partial charge in [-0.2, -0.15) is 5.26 Å². The minimum Gasteiger partial charge on any atom is -0.373 e. The average molecular weight is 326 g/mol. The molecular weight excluding hydrogens is 304 g/mol. The number of nitrogens with one attached hydrogen (secondary N) is 1. The van der Waals surface area contributed by atoms with Crippen molar-refractivity contribution in [1.29, 1.82) is 5.26 Å². The van der Waals surface area contributed by atoms with E-state index in [0.29, 0.717) is 31.9 Å². The minimum atomic E-state index is -0.418. The third-order valence-electron chi connectivity index (χ3n) is 4.07. The molecule has 2 rings (SSSR count). The molecule has 0 unspecified atom stereocenters. The van der Waals surface area contributed by atoms with Crippen LogP contribution in [-0.2, 0) is 9.59 Å². The van der Waals surface area contributed by atoms with Crippen LogP contribution in [0, 0.1) is 25.2 Å². The Balaban J connectivity index is 2.04. The van der Waals surface area contributed by atoms with Gasteiger partial charge in [-0.1, -0.05) is 17.7 Å². The zero-order chi connectivity index (χ0) is 17.7. The quantitative estimate of drug-likeness (QED) is 0.679. The molecule has 1 saturated heterocycles. The predicted molar refractivity (Wildman–Crippen MR) is 92.1 cm³/mol. The van der Waals surface area contributed by atoms with Gasteiger partial charge in [0.15, 0.2) is 0 Å². The van der Waals surface area contributed by atoms with Crippen LogP contribution in [0.3, 0.4) is 0 Å². The van der Waals surface area contributed by atoms with Crippen LogP contribution in [0.15, 0.2) is 30.0 Å². The zero-order valence-corrected chi connectivity index (χ0v) is 14.3. The van der Waals surface area contributed by atoms with Gasteiger partial charge in [0, 0.05) is 45.0 Å². The van der Waals surface area contributed by atoms with Crippen molar-refractivity contribution < 1.29 is 9.59 Å². The first-order chi connectivity index (χ1) is 11.4. The number of rotatable bonds is 3. The third-order valence-corrected chi connectivity index (χ3v) is 4.07. The zero-order valence-electron chi connectivity index (χ0n) is 14.3. The van der Waals surface area contributed by atoms with E-state index in [1.807, 2.05) is 43.0 Å². The summed E-state index contributed by atoms with van der Waals surface area (Å²) >= 11 is 0. The summed E-state index contributed by atoms with van der Waals surface area (Å²) in [4.78, 5) is 27.3. The van der Waals surface area contributed by atoms with Crippen LogP contribution in [0.4, 0.5) is 5.69 Å². The van der Waals surface area contributed by atoms with Gasteiger partial charge in [0.25, 0.3) is 5.91 Å². The lowest BCUT2D eigenvalue weighted by molar-refractivity contribution is -0.130. The summed E-state index contributed by atoms with van der Waals surface area (Å²) in [5.41, 5.74) is 2.83. The Morgan fingerprint density at radius 2 is 1.88 bits per heavy atom. The second-order valence-electron chi connectivity index (χ2n) is 5.97.